The molecule has 6 heteroatoms. The minimum atomic E-state index is -0.601. The number of rotatable bonds is 2. The molecule has 0 atom stereocenters. The van der Waals surface area contributed by atoms with E-state index in [0.717, 1.165) is 0 Å². The van der Waals surface area contributed by atoms with E-state index in [1.54, 1.807) is 0 Å². The number of aromatic nitrogens is 1. The van der Waals surface area contributed by atoms with Crippen molar-refractivity contribution in [3.05, 3.63) is 27.9 Å². The van der Waals surface area contributed by atoms with E-state index < -0.39 is 4.92 Å². The van der Waals surface area contributed by atoms with Gasteiger partial charge in [-0.05, 0) is 0 Å². The first-order chi connectivity index (χ1) is 7.19. The third-order valence-corrected chi connectivity index (χ3v) is 1.53. The van der Waals surface area contributed by atoms with Crippen molar-refractivity contribution >= 4 is 5.69 Å². The van der Waals surface area contributed by atoms with Gasteiger partial charge in [0.25, 0.3) is 5.88 Å². The molecule has 0 bridgehead atoms. The number of pyridine rings is 1. The van der Waals surface area contributed by atoms with Crippen molar-refractivity contribution in [2.24, 2.45) is 0 Å². The first-order valence-corrected chi connectivity index (χ1v) is 3.97. The highest BCUT2D eigenvalue weighted by molar-refractivity contribution is 5.47. The van der Waals surface area contributed by atoms with Crippen LogP contribution in [0.3, 0.4) is 0 Å². The van der Waals surface area contributed by atoms with Crippen molar-refractivity contribution in [1.29, 1.82) is 0 Å². The number of ether oxygens (including phenoxy) is 1. The summed E-state index contributed by atoms with van der Waals surface area (Å²) in [6.45, 7) is -0.306. The minimum absolute atomic E-state index is 0.0606. The smallest absolute Gasteiger partial charge is 0.332 e. The van der Waals surface area contributed by atoms with Gasteiger partial charge >= 0.3 is 5.69 Å². The summed E-state index contributed by atoms with van der Waals surface area (Å²) in [5.74, 6) is 4.83. The van der Waals surface area contributed by atoms with Crippen molar-refractivity contribution in [3.8, 4) is 17.7 Å². The summed E-state index contributed by atoms with van der Waals surface area (Å²) in [7, 11) is 1.30. The average molecular weight is 208 g/mol. The lowest BCUT2D eigenvalue weighted by atomic mass is 10.2. The summed E-state index contributed by atoms with van der Waals surface area (Å²) < 4.78 is 4.72. The van der Waals surface area contributed by atoms with Crippen molar-refractivity contribution in [3.63, 3.8) is 0 Å². The molecule has 0 amide bonds. The monoisotopic (exact) mass is 208 g/mol. The van der Waals surface area contributed by atoms with Crippen molar-refractivity contribution in [1.82, 2.24) is 4.98 Å². The summed E-state index contributed by atoms with van der Waals surface area (Å²) in [5.41, 5.74) is 0.110. The fraction of sp³-hybridized carbons (Fsp3) is 0.222. The zero-order valence-electron chi connectivity index (χ0n) is 7.93. The molecule has 15 heavy (non-hydrogen) atoms. The Hall–Kier alpha value is -2.13. The minimum Gasteiger partial charge on any atom is -0.476 e. The molecular formula is C9H8N2O4. The van der Waals surface area contributed by atoms with E-state index in [-0.39, 0.29) is 18.2 Å². The van der Waals surface area contributed by atoms with Crippen LogP contribution in [0, 0.1) is 22.0 Å². The molecule has 1 N–H and O–H groups in total. The lowest BCUT2D eigenvalue weighted by Crippen LogP contribution is -1.96. The molecule has 0 aliphatic rings. The van der Waals surface area contributed by atoms with Crippen LogP contribution < -0.4 is 4.74 Å². The third-order valence-electron chi connectivity index (χ3n) is 1.53. The van der Waals surface area contributed by atoms with Crippen LogP contribution in [-0.4, -0.2) is 28.7 Å². The standard InChI is InChI=1S/C9H8N2O4/c1-15-9-8(11(13)14)5-7(6-10-9)3-2-4-12/h5-6,12H,4H2,1H3. The first kappa shape index (κ1) is 10.9. The van der Waals surface area contributed by atoms with Crippen LogP contribution >= 0.6 is 0 Å². The number of methoxy groups -OCH3 is 1. The molecule has 1 aromatic rings. The second-order valence-corrected chi connectivity index (χ2v) is 2.47. The van der Waals surface area contributed by atoms with Crippen molar-refractivity contribution in [2.45, 2.75) is 0 Å². The predicted octanol–water partition coefficient (Wildman–Crippen LogP) is 0.342. The highest BCUT2D eigenvalue weighted by Gasteiger charge is 2.16. The molecule has 1 heterocycles. The molecule has 0 aliphatic heterocycles. The van der Waals surface area contributed by atoms with Crippen LogP contribution in [0.2, 0.25) is 0 Å². The van der Waals surface area contributed by atoms with Gasteiger partial charge in [-0.15, -0.1) is 0 Å². The number of aliphatic hydroxyl groups is 1. The van der Waals surface area contributed by atoms with E-state index in [4.69, 9.17) is 9.84 Å². The van der Waals surface area contributed by atoms with Gasteiger partial charge in [0, 0.05) is 12.3 Å². The van der Waals surface area contributed by atoms with Gasteiger partial charge in [0.15, 0.2) is 0 Å². The average Bonchev–Trinajstić information content (AvgIpc) is 2.25. The highest BCUT2D eigenvalue weighted by Crippen LogP contribution is 2.23. The van der Waals surface area contributed by atoms with E-state index in [0.29, 0.717) is 5.56 Å². The molecule has 1 aromatic heterocycles. The molecule has 0 aliphatic carbocycles. The van der Waals surface area contributed by atoms with Crippen LogP contribution in [0.15, 0.2) is 12.3 Å². The van der Waals surface area contributed by atoms with E-state index >= 15 is 0 Å². The van der Waals surface area contributed by atoms with E-state index in [1.807, 2.05) is 0 Å². The molecule has 1 rings (SSSR count). The molecule has 78 valence electrons. The molecule has 0 saturated carbocycles. The number of nitro groups is 1. The van der Waals surface area contributed by atoms with E-state index in [9.17, 15) is 10.1 Å². The van der Waals surface area contributed by atoms with Gasteiger partial charge in [0.1, 0.15) is 6.61 Å². The lowest BCUT2D eigenvalue weighted by Gasteiger charge is -1.99. The fourth-order valence-corrected chi connectivity index (χ4v) is 0.939. The van der Waals surface area contributed by atoms with Crippen LogP contribution in [0.4, 0.5) is 5.69 Å². The van der Waals surface area contributed by atoms with Crippen molar-refractivity contribution in [2.75, 3.05) is 13.7 Å². The fourth-order valence-electron chi connectivity index (χ4n) is 0.939. The number of hydrogen-bond acceptors (Lipinski definition) is 5. The Morgan fingerprint density at radius 1 is 1.73 bits per heavy atom. The molecular weight excluding hydrogens is 200 g/mol. The maximum absolute atomic E-state index is 10.6. The Kier molecular flexibility index (Phi) is 3.60. The van der Waals surface area contributed by atoms with Gasteiger partial charge in [-0.25, -0.2) is 4.98 Å². The molecule has 6 nitrogen and oxygen atoms in total. The summed E-state index contributed by atoms with van der Waals surface area (Å²) in [4.78, 5) is 13.7. The number of nitrogens with zero attached hydrogens (tertiary/aromatic N) is 2. The number of hydrogen-bond donors (Lipinski definition) is 1. The second kappa shape index (κ2) is 4.93. The van der Waals surface area contributed by atoms with Crippen molar-refractivity contribution < 1.29 is 14.8 Å². The SMILES string of the molecule is COc1ncc(C#CCO)cc1[N+](=O)[O-]. The van der Waals surface area contributed by atoms with Gasteiger partial charge in [-0.3, -0.25) is 10.1 Å². The van der Waals surface area contributed by atoms with Crippen LogP contribution in [-0.2, 0) is 0 Å². The van der Waals surface area contributed by atoms with E-state index in [2.05, 4.69) is 16.8 Å². The van der Waals surface area contributed by atoms with Gasteiger partial charge in [0.2, 0.25) is 0 Å². The number of aliphatic hydroxyl groups excluding tert-OH is 1. The van der Waals surface area contributed by atoms with Gasteiger partial charge in [-0.1, -0.05) is 11.8 Å². The Labute approximate surface area is 85.7 Å². The topological polar surface area (TPSA) is 85.5 Å². The molecule has 0 radical (unpaired) electrons. The lowest BCUT2D eigenvalue weighted by molar-refractivity contribution is -0.386. The summed E-state index contributed by atoms with van der Waals surface area (Å²) in [6.07, 6.45) is 1.34. The third kappa shape index (κ3) is 2.65. The van der Waals surface area contributed by atoms with Gasteiger partial charge in [0.05, 0.1) is 17.6 Å². The zero-order valence-corrected chi connectivity index (χ0v) is 7.93. The maximum atomic E-state index is 10.6. The predicted molar refractivity (Wildman–Crippen MR) is 51.4 cm³/mol. The first-order valence-electron chi connectivity index (χ1n) is 3.97. The van der Waals surface area contributed by atoms with Gasteiger partial charge < -0.3 is 9.84 Å². The highest BCUT2D eigenvalue weighted by atomic mass is 16.6. The Morgan fingerprint density at radius 2 is 2.47 bits per heavy atom. The molecule has 0 unspecified atom stereocenters. The van der Waals surface area contributed by atoms with Crippen LogP contribution in [0.5, 0.6) is 5.88 Å². The quantitative estimate of drug-likeness (QED) is 0.430. The second-order valence-electron chi connectivity index (χ2n) is 2.47. The van der Waals surface area contributed by atoms with Gasteiger partial charge in [-0.2, -0.15) is 0 Å². The largest absolute Gasteiger partial charge is 0.476 e. The summed E-state index contributed by atoms with van der Waals surface area (Å²) in [5, 5.41) is 19.0. The Balaban J connectivity index is 3.16. The molecule has 0 saturated heterocycles. The normalized spacial score (nSPS) is 8.93. The van der Waals surface area contributed by atoms with Crippen LogP contribution in [0.25, 0.3) is 0 Å². The Bertz CT molecular complexity index is 433. The summed E-state index contributed by atoms with van der Waals surface area (Å²) in [6, 6.07) is 1.24. The summed E-state index contributed by atoms with van der Waals surface area (Å²) >= 11 is 0. The van der Waals surface area contributed by atoms with Crippen LogP contribution in [0.1, 0.15) is 5.56 Å². The molecule has 0 spiro atoms. The molecule has 0 fully saturated rings. The van der Waals surface area contributed by atoms with E-state index in [1.165, 1.54) is 19.4 Å². The molecule has 0 aromatic carbocycles. The Morgan fingerprint density at radius 3 is 3.00 bits per heavy atom. The zero-order chi connectivity index (χ0) is 11.3. The maximum Gasteiger partial charge on any atom is 0.332 e.